The number of halogens is 1. The van der Waals surface area contributed by atoms with Gasteiger partial charge in [0.2, 0.25) is 5.91 Å². The van der Waals surface area contributed by atoms with Crippen LogP contribution in [0.2, 0.25) is 0 Å². The highest BCUT2D eigenvalue weighted by atomic mass is 35.5. The molecular weight excluding hydrogens is 306 g/mol. The van der Waals surface area contributed by atoms with E-state index in [2.05, 4.69) is 17.6 Å². The van der Waals surface area contributed by atoms with Crippen LogP contribution in [-0.2, 0) is 9.59 Å². The molecule has 0 spiro atoms. The first kappa shape index (κ1) is 18.3. The van der Waals surface area contributed by atoms with Gasteiger partial charge in [0.1, 0.15) is 5.75 Å². The van der Waals surface area contributed by atoms with E-state index in [0.29, 0.717) is 11.8 Å². The third-order valence-electron chi connectivity index (χ3n) is 3.50. The number of nitrogens with one attached hydrogen (secondary N) is 2. The van der Waals surface area contributed by atoms with Crippen LogP contribution in [0.3, 0.4) is 0 Å². The van der Waals surface area contributed by atoms with Crippen molar-refractivity contribution in [2.75, 3.05) is 18.5 Å². The molecule has 1 heterocycles. The summed E-state index contributed by atoms with van der Waals surface area (Å²) in [6.07, 6.45) is 1.71. The fourth-order valence-electron chi connectivity index (χ4n) is 2.40. The monoisotopic (exact) mass is 327 g/mol. The molecule has 2 amide bonds. The number of benzene rings is 1. The number of nitrogens with two attached hydrogens (primary N) is 1. The van der Waals surface area contributed by atoms with Crippen LogP contribution >= 0.6 is 12.4 Å². The zero-order valence-corrected chi connectivity index (χ0v) is 13.3. The number of hydrogen-bond acceptors (Lipinski definition) is 4. The van der Waals surface area contributed by atoms with Crippen LogP contribution < -0.4 is 21.1 Å². The van der Waals surface area contributed by atoms with Crippen LogP contribution in [-0.4, -0.2) is 31.0 Å². The number of piperidine rings is 1. The Hall–Kier alpha value is -1.79. The second-order valence-corrected chi connectivity index (χ2v) is 5.35. The van der Waals surface area contributed by atoms with Crippen molar-refractivity contribution in [1.29, 1.82) is 0 Å². The van der Waals surface area contributed by atoms with Crippen LogP contribution in [0, 0.1) is 5.92 Å². The van der Waals surface area contributed by atoms with E-state index in [4.69, 9.17) is 10.5 Å². The molecule has 1 aliphatic heterocycles. The van der Waals surface area contributed by atoms with Gasteiger partial charge in [0.15, 0.2) is 6.61 Å². The molecule has 0 radical (unpaired) electrons. The first-order chi connectivity index (χ1) is 10.0. The van der Waals surface area contributed by atoms with Gasteiger partial charge in [0.25, 0.3) is 5.91 Å². The molecule has 1 aromatic rings. The number of primary amides is 1. The van der Waals surface area contributed by atoms with E-state index < -0.39 is 5.91 Å². The summed E-state index contributed by atoms with van der Waals surface area (Å²) in [6, 6.07) is 7.27. The first-order valence-electron chi connectivity index (χ1n) is 7.10. The van der Waals surface area contributed by atoms with Gasteiger partial charge < -0.3 is 21.1 Å². The second-order valence-electron chi connectivity index (χ2n) is 5.35. The van der Waals surface area contributed by atoms with Crippen molar-refractivity contribution in [3.05, 3.63) is 24.3 Å². The van der Waals surface area contributed by atoms with Crippen molar-refractivity contribution >= 4 is 29.9 Å². The lowest BCUT2D eigenvalue weighted by Gasteiger charge is -2.27. The van der Waals surface area contributed by atoms with Crippen molar-refractivity contribution in [2.45, 2.75) is 25.8 Å². The minimum atomic E-state index is -0.521. The zero-order valence-electron chi connectivity index (χ0n) is 12.5. The Bertz CT molecular complexity index is 507. The number of hydrogen-bond donors (Lipinski definition) is 3. The van der Waals surface area contributed by atoms with Gasteiger partial charge in [-0.2, -0.15) is 0 Å². The largest absolute Gasteiger partial charge is 0.484 e. The lowest BCUT2D eigenvalue weighted by molar-refractivity contribution is -0.121. The molecular formula is C15H22ClN3O3. The average molecular weight is 328 g/mol. The van der Waals surface area contributed by atoms with Crippen molar-refractivity contribution in [3.8, 4) is 5.75 Å². The molecule has 1 aliphatic rings. The molecule has 7 heteroatoms. The third kappa shape index (κ3) is 5.54. The van der Waals surface area contributed by atoms with Crippen LogP contribution in [0.25, 0.3) is 0 Å². The average Bonchev–Trinajstić information content (AvgIpc) is 2.46. The van der Waals surface area contributed by atoms with E-state index in [0.717, 1.165) is 25.1 Å². The van der Waals surface area contributed by atoms with E-state index in [9.17, 15) is 9.59 Å². The predicted octanol–water partition coefficient (Wildman–Crippen LogP) is 1.30. The molecule has 1 saturated heterocycles. The van der Waals surface area contributed by atoms with E-state index in [1.165, 1.54) is 0 Å². The lowest BCUT2D eigenvalue weighted by Crippen LogP contribution is -2.40. The number of carbonyl (C=O) groups is 2. The van der Waals surface area contributed by atoms with Crippen LogP contribution in [0.1, 0.15) is 19.8 Å². The molecule has 2 atom stereocenters. The van der Waals surface area contributed by atoms with E-state index in [1.54, 1.807) is 24.3 Å². The molecule has 0 aliphatic carbocycles. The van der Waals surface area contributed by atoms with Gasteiger partial charge in [-0.05, 0) is 50.6 Å². The summed E-state index contributed by atoms with van der Waals surface area (Å²) < 4.78 is 5.16. The molecule has 122 valence electrons. The minimum absolute atomic E-state index is 0. The number of anilines is 1. The summed E-state index contributed by atoms with van der Waals surface area (Å²) in [6.45, 7) is 2.81. The first-order valence-corrected chi connectivity index (χ1v) is 7.10. The smallest absolute Gasteiger partial charge is 0.255 e. The van der Waals surface area contributed by atoms with Gasteiger partial charge in [0, 0.05) is 17.6 Å². The van der Waals surface area contributed by atoms with Gasteiger partial charge in [-0.1, -0.05) is 0 Å². The maximum Gasteiger partial charge on any atom is 0.255 e. The van der Waals surface area contributed by atoms with Crippen molar-refractivity contribution in [3.63, 3.8) is 0 Å². The normalized spacial score (nSPS) is 20.6. The predicted molar refractivity (Wildman–Crippen MR) is 87.2 cm³/mol. The Morgan fingerprint density at radius 1 is 1.36 bits per heavy atom. The minimum Gasteiger partial charge on any atom is -0.484 e. The summed E-state index contributed by atoms with van der Waals surface area (Å²) >= 11 is 0. The summed E-state index contributed by atoms with van der Waals surface area (Å²) in [5.41, 5.74) is 5.72. The highest BCUT2D eigenvalue weighted by Gasteiger charge is 2.24. The van der Waals surface area contributed by atoms with E-state index >= 15 is 0 Å². The fraction of sp³-hybridized carbons (Fsp3) is 0.467. The Morgan fingerprint density at radius 3 is 2.64 bits per heavy atom. The van der Waals surface area contributed by atoms with Crippen LogP contribution in [0.4, 0.5) is 5.69 Å². The second kappa shape index (κ2) is 8.60. The number of amides is 2. The topological polar surface area (TPSA) is 93.4 Å². The Balaban J connectivity index is 0.00000242. The van der Waals surface area contributed by atoms with Crippen molar-refractivity contribution in [2.24, 2.45) is 11.7 Å². The molecule has 0 saturated carbocycles. The quantitative estimate of drug-likeness (QED) is 0.760. The molecule has 6 nitrogen and oxygen atoms in total. The summed E-state index contributed by atoms with van der Waals surface area (Å²) in [5.74, 6) is 0.121. The Kier molecular flexibility index (Phi) is 7.14. The zero-order chi connectivity index (χ0) is 15.2. The number of carbonyl (C=O) groups excluding carboxylic acids is 2. The van der Waals surface area contributed by atoms with E-state index in [1.807, 2.05) is 0 Å². The van der Waals surface area contributed by atoms with Crippen molar-refractivity contribution < 1.29 is 14.3 Å². The molecule has 22 heavy (non-hydrogen) atoms. The van der Waals surface area contributed by atoms with Gasteiger partial charge in [0.05, 0.1) is 0 Å². The molecule has 2 rings (SSSR count). The highest BCUT2D eigenvalue weighted by molar-refractivity contribution is 5.92. The van der Waals surface area contributed by atoms with E-state index in [-0.39, 0.29) is 30.8 Å². The third-order valence-corrected chi connectivity index (χ3v) is 3.50. The van der Waals surface area contributed by atoms with Gasteiger partial charge in [-0.15, -0.1) is 12.4 Å². The van der Waals surface area contributed by atoms with Crippen molar-refractivity contribution in [1.82, 2.24) is 5.32 Å². The molecule has 4 N–H and O–H groups in total. The van der Waals surface area contributed by atoms with Crippen LogP contribution in [0.5, 0.6) is 5.75 Å². The molecule has 0 aromatic heterocycles. The maximum atomic E-state index is 12.2. The lowest BCUT2D eigenvalue weighted by atomic mass is 9.92. The number of ether oxygens (including phenoxy) is 1. The highest BCUT2D eigenvalue weighted by Crippen LogP contribution is 2.20. The van der Waals surface area contributed by atoms with Gasteiger partial charge in [-0.25, -0.2) is 0 Å². The summed E-state index contributed by atoms with van der Waals surface area (Å²) in [5, 5.41) is 6.24. The van der Waals surface area contributed by atoms with Crippen LogP contribution in [0.15, 0.2) is 24.3 Å². The molecule has 0 unspecified atom stereocenters. The Labute approximate surface area is 136 Å². The van der Waals surface area contributed by atoms with Gasteiger partial charge >= 0.3 is 0 Å². The summed E-state index contributed by atoms with van der Waals surface area (Å²) in [7, 11) is 0. The Morgan fingerprint density at radius 2 is 2.05 bits per heavy atom. The molecule has 1 fully saturated rings. The molecule has 0 bridgehead atoms. The number of rotatable bonds is 5. The fourth-order valence-corrected chi connectivity index (χ4v) is 2.40. The van der Waals surface area contributed by atoms with Gasteiger partial charge in [-0.3, -0.25) is 9.59 Å². The summed E-state index contributed by atoms with van der Waals surface area (Å²) in [4.78, 5) is 22.8. The molecule has 1 aromatic carbocycles. The standard InChI is InChI=1S/C15H21N3O3.ClH/c1-10-8-11(6-7-17-10)15(20)18-12-2-4-13(5-3-12)21-9-14(16)19;/h2-5,10-11,17H,6-9H2,1H3,(H2,16,19)(H,18,20);1H/t10-,11-;/m0./s1. The maximum absolute atomic E-state index is 12.2. The SMILES string of the molecule is C[C@H]1C[C@@H](C(=O)Nc2ccc(OCC(N)=O)cc2)CCN1.Cl.